The molecular weight excluding hydrogens is 432 g/mol. The number of carbonyl (C=O) groups is 1. The van der Waals surface area contributed by atoms with E-state index in [2.05, 4.69) is 9.89 Å². The summed E-state index contributed by atoms with van der Waals surface area (Å²) in [5.41, 5.74) is 0. The zero-order valence-electron chi connectivity index (χ0n) is 15.9. The van der Waals surface area contributed by atoms with Crippen molar-refractivity contribution in [1.29, 1.82) is 0 Å². The summed E-state index contributed by atoms with van der Waals surface area (Å²) in [7, 11) is -3.02. The first-order chi connectivity index (χ1) is 13.9. The molecule has 0 N–H and O–H groups in total. The van der Waals surface area contributed by atoms with E-state index in [-0.39, 0.29) is 35.3 Å². The van der Waals surface area contributed by atoms with Gasteiger partial charge in [0.2, 0.25) is 0 Å². The molecule has 1 amide bonds. The Hall–Kier alpha value is -1.25. The monoisotopic (exact) mass is 454 g/mol. The minimum atomic E-state index is -3.02. The summed E-state index contributed by atoms with van der Waals surface area (Å²) in [5, 5.41) is 1.27. The number of benzene rings is 1. The van der Waals surface area contributed by atoms with Crippen molar-refractivity contribution >= 4 is 44.3 Å². The molecule has 2 heterocycles. The second-order valence-corrected chi connectivity index (χ2v) is 12.3. The minimum Gasteiger partial charge on any atom is -0.484 e. The number of ether oxygens (including phenoxy) is 1. The lowest BCUT2D eigenvalue weighted by Gasteiger charge is -2.36. The third-order valence-electron chi connectivity index (χ3n) is 6.56. The quantitative estimate of drug-likeness (QED) is 0.696. The third kappa shape index (κ3) is 3.91. The molecular formula is C20H23ClN2O4S2. The summed E-state index contributed by atoms with van der Waals surface area (Å²) in [6, 6.07) is 7.09. The van der Waals surface area contributed by atoms with E-state index in [1.54, 1.807) is 24.3 Å². The summed E-state index contributed by atoms with van der Waals surface area (Å²) >= 11 is 7.32. The van der Waals surface area contributed by atoms with Crippen molar-refractivity contribution in [3.63, 3.8) is 0 Å². The van der Waals surface area contributed by atoms with Gasteiger partial charge in [0, 0.05) is 16.3 Å². The van der Waals surface area contributed by atoms with E-state index in [0.29, 0.717) is 27.9 Å². The second-order valence-electron chi connectivity index (χ2n) is 8.48. The van der Waals surface area contributed by atoms with Crippen molar-refractivity contribution < 1.29 is 17.9 Å². The number of fused-ring (bicyclic) bond motifs is 3. The molecule has 4 aliphatic rings. The smallest absolute Gasteiger partial charge is 0.285 e. The van der Waals surface area contributed by atoms with Gasteiger partial charge in [-0.25, -0.2) is 8.42 Å². The first-order valence-corrected chi connectivity index (χ1v) is 13.1. The Labute approximate surface area is 179 Å². The van der Waals surface area contributed by atoms with Crippen LogP contribution < -0.4 is 4.74 Å². The van der Waals surface area contributed by atoms with Gasteiger partial charge < -0.3 is 9.64 Å². The van der Waals surface area contributed by atoms with E-state index >= 15 is 0 Å². The van der Waals surface area contributed by atoms with Gasteiger partial charge in [-0.3, -0.25) is 4.79 Å². The van der Waals surface area contributed by atoms with Gasteiger partial charge in [-0.1, -0.05) is 29.8 Å². The van der Waals surface area contributed by atoms with E-state index in [1.807, 2.05) is 0 Å². The fourth-order valence-corrected chi connectivity index (χ4v) is 9.46. The summed E-state index contributed by atoms with van der Waals surface area (Å²) in [4.78, 5) is 19.1. The minimum absolute atomic E-state index is 0.0251. The number of hydrogen-bond donors (Lipinski definition) is 0. The largest absolute Gasteiger partial charge is 0.484 e. The van der Waals surface area contributed by atoms with Crippen LogP contribution in [0.25, 0.3) is 0 Å². The van der Waals surface area contributed by atoms with Gasteiger partial charge in [0.15, 0.2) is 21.6 Å². The molecule has 1 aromatic carbocycles. The van der Waals surface area contributed by atoms with Crippen molar-refractivity contribution in [2.75, 3.05) is 18.1 Å². The van der Waals surface area contributed by atoms with Crippen LogP contribution in [0.15, 0.2) is 29.3 Å². The van der Waals surface area contributed by atoms with Crippen LogP contribution >= 0.6 is 23.4 Å². The first kappa shape index (κ1) is 19.7. The van der Waals surface area contributed by atoms with Crippen molar-refractivity contribution in [3.8, 4) is 5.75 Å². The van der Waals surface area contributed by atoms with Crippen LogP contribution in [-0.4, -0.2) is 59.8 Å². The van der Waals surface area contributed by atoms with Crippen molar-refractivity contribution in [1.82, 2.24) is 4.90 Å². The van der Waals surface area contributed by atoms with E-state index in [1.165, 1.54) is 31.0 Å². The van der Waals surface area contributed by atoms with Crippen LogP contribution in [0, 0.1) is 11.8 Å². The Kier molecular flexibility index (Phi) is 5.07. The maximum absolute atomic E-state index is 12.5. The van der Waals surface area contributed by atoms with Crippen molar-refractivity contribution in [2.45, 2.75) is 43.0 Å². The summed E-state index contributed by atoms with van der Waals surface area (Å²) in [6.45, 7) is -0.149. The Balaban J connectivity index is 1.33. The number of rotatable bonds is 4. The van der Waals surface area contributed by atoms with E-state index in [4.69, 9.17) is 16.3 Å². The first-order valence-electron chi connectivity index (χ1n) is 10.0. The zero-order valence-corrected chi connectivity index (χ0v) is 18.3. The topological polar surface area (TPSA) is 76.0 Å². The predicted molar refractivity (Wildman–Crippen MR) is 114 cm³/mol. The standard InChI is InChI=1S/C20H23ClN2O4S2/c21-14-3-5-15(6-4-14)27-9-19(24)22-20-23(16-8-12-1-2-13(16)7-12)17-10-29(25,26)11-18(17)28-20/h3-6,12-13,16-18H,1-2,7-11H2/t12-,13-,16-,17-,18-/m1/s1. The van der Waals surface area contributed by atoms with Gasteiger partial charge in [0.05, 0.1) is 17.5 Å². The lowest BCUT2D eigenvalue weighted by atomic mass is 9.93. The van der Waals surface area contributed by atoms with E-state index in [9.17, 15) is 13.2 Å². The number of thioether (sulfide) groups is 1. The number of hydrogen-bond acceptors (Lipinski definition) is 5. The highest BCUT2D eigenvalue weighted by atomic mass is 35.5. The number of aliphatic imine (C=N–C) groups is 1. The number of halogens is 1. The van der Waals surface area contributed by atoms with Crippen LogP contribution in [0.2, 0.25) is 5.02 Å². The van der Waals surface area contributed by atoms with E-state index < -0.39 is 9.84 Å². The molecule has 2 aliphatic heterocycles. The number of amidine groups is 1. The fraction of sp³-hybridized carbons (Fsp3) is 0.600. The van der Waals surface area contributed by atoms with Crippen LogP contribution in [0.4, 0.5) is 0 Å². The summed E-state index contributed by atoms with van der Waals surface area (Å²) < 4.78 is 29.9. The van der Waals surface area contributed by atoms with Gasteiger partial charge in [-0.15, -0.1) is 0 Å². The second kappa shape index (κ2) is 7.46. The molecule has 2 saturated carbocycles. The van der Waals surface area contributed by atoms with Crippen LogP contribution in [0.1, 0.15) is 25.7 Å². The molecule has 0 unspecified atom stereocenters. The van der Waals surface area contributed by atoms with Crippen LogP contribution in [-0.2, 0) is 14.6 Å². The van der Waals surface area contributed by atoms with E-state index in [0.717, 1.165) is 12.3 Å². The molecule has 6 nitrogen and oxygen atoms in total. The van der Waals surface area contributed by atoms with Gasteiger partial charge in [0.25, 0.3) is 5.91 Å². The molecule has 0 spiro atoms. The molecule has 2 aliphatic carbocycles. The number of sulfone groups is 1. The van der Waals surface area contributed by atoms with Gasteiger partial charge in [0.1, 0.15) is 5.75 Å². The number of nitrogens with zero attached hydrogens (tertiary/aromatic N) is 2. The Morgan fingerprint density at radius 2 is 1.97 bits per heavy atom. The highest BCUT2D eigenvalue weighted by Gasteiger charge is 2.54. The Bertz CT molecular complexity index is 950. The highest BCUT2D eigenvalue weighted by Crippen LogP contribution is 2.51. The zero-order chi connectivity index (χ0) is 20.2. The fourth-order valence-electron chi connectivity index (χ4n) is 5.35. The molecule has 5 rings (SSSR count). The lowest BCUT2D eigenvalue weighted by Crippen LogP contribution is -2.47. The van der Waals surface area contributed by atoms with Crippen molar-refractivity contribution in [2.24, 2.45) is 16.8 Å². The van der Waals surface area contributed by atoms with Gasteiger partial charge >= 0.3 is 0 Å². The molecule has 156 valence electrons. The summed E-state index contributed by atoms with van der Waals surface area (Å²) in [6.07, 6.45) is 4.77. The normalized spacial score (nSPS) is 36.0. The molecule has 4 fully saturated rings. The average Bonchev–Trinajstić information content (AvgIpc) is 3.41. The average molecular weight is 455 g/mol. The number of carbonyl (C=O) groups excluding carboxylic acids is 1. The van der Waals surface area contributed by atoms with Gasteiger partial charge in [-0.05, 0) is 55.4 Å². The molecule has 5 atom stereocenters. The molecule has 29 heavy (non-hydrogen) atoms. The van der Waals surface area contributed by atoms with Crippen LogP contribution in [0.5, 0.6) is 5.75 Å². The highest BCUT2D eigenvalue weighted by molar-refractivity contribution is 8.15. The predicted octanol–water partition coefficient (Wildman–Crippen LogP) is 3.00. The Morgan fingerprint density at radius 1 is 1.17 bits per heavy atom. The summed E-state index contributed by atoms with van der Waals surface area (Å²) in [5.74, 6) is 1.89. The molecule has 0 radical (unpaired) electrons. The molecule has 2 saturated heterocycles. The van der Waals surface area contributed by atoms with Crippen molar-refractivity contribution in [3.05, 3.63) is 29.3 Å². The maximum atomic E-state index is 12.5. The lowest BCUT2D eigenvalue weighted by molar-refractivity contribution is -0.119. The molecule has 0 aromatic heterocycles. The SMILES string of the molecule is O=C(COc1ccc(Cl)cc1)N=C1S[C@@H]2CS(=O)(=O)C[C@H]2N1[C@@H]1C[C@@H]2CC[C@@H]1C2. The Morgan fingerprint density at radius 3 is 2.66 bits per heavy atom. The maximum Gasteiger partial charge on any atom is 0.285 e. The number of amides is 1. The van der Waals surface area contributed by atoms with Gasteiger partial charge in [-0.2, -0.15) is 4.99 Å². The molecule has 9 heteroatoms. The molecule has 2 bridgehead atoms. The molecule has 1 aromatic rings. The third-order valence-corrected chi connectivity index (χ3v) is 10.0. The van der Waals surface area contributed by atoms with Crippen LogP contribution in [0.3, 0.4) is 0 Å².